The summed E-state index contributed by atoms with van der Waals surface area (Å²) in [7, 11) is 0. The number of hydrogen-bond acceptors (Lipinski definition) is 3. The standard InChI is InChI=1S/C26H22ClF5N2O2/c27-19-8-9-22(33-14-19)25(34-23(35)17-6-7-17,13-16-4-2-1-3-5-16)18-10-20(28)12-21(11-18)36-15-26(31,32)24(29)30/h1-5,8-12,14,17,24H,6-7,13,15H2,(H,34,35)/t25-/m0/s1. The van der Waals surface area contributed by atoms with Crippen molar-refractivity contribution in [2.45, 2.75) is 37.1 Å². The molecule has 1 fully saturated rings. The van der Waals surface area contributed by atoms with Crippen LogP contribution in [0.4, 0.5) is 22.0 Å². The summed E-state index contributed by atoms with van der Waals surface area (Å²) in [5.41, 5.74) is -0.220. The quantitative estimate of drug-likeness (QED) is 0.323. The maximum atomic E-state index is 14.8. The van der Waals surface area contributed by atoms with E-state index in [0.717, 1.165) is 17.7 Å². The van der Waals surface area contributed by atoms with E-state index in [0.29, 0.717) is 23.6 Å². The zero-order valence-electron chi connectivity index (χ0n) is 18.9. The van der Waals surface area contributed by atoms with E-state index < -0.39 is 36.1 Å². The maximum Gasteiger partial charge on any atom is 0.340 e. The predicted molar refractivity (Wildman–Crippen MR) is 124 cm³/mol. The Morgan fingerprint density at radius 3 is 2.44 bits per heavy atom. The van der Waals surface area contributed by atoms with Crippen LogP contribution in [-0.2, 0) is 16.8 Å². The third-order valence-electron chi connectivity index (χ3n) is 5.88. The highest BCUT2D eigenvalue weighted by Crippen LogP contribution is 2.38. The average molecular weight is 525 g/mol. The number of hydrogen-bond donors (Lipinski definition) is 1. The van der Waals surface area contributed by atoms with Gasteiger partial charge in [0.15, 0.2) is 6.61 Å². The Hall–Kier alpha value is -3.20. The van der Waals surface area contributed by atoms with Crippen LogP contribution in [0.25, 0.3) is 0 Å². The van der Waals surface area contributed by atoms with Gasteiger partial charge in [-0.15, -0.1) is 0 Å². The summed E-state index contributed by atoms with van der Waals surface area (Å²) in [5.74, 6) is -6.18. The van der Waals surface area contributed by atoms with Crippen molar-refractivity contribution in [3.05, 3.63) is 94.5 Å². The Labute approximate surface area is 209 Å². The van der Waals surface area contributed by atoms with E-state index in [9.17, 15) is 26.7 Å². The van der Waals surface area contributed by atoms with E-state index in [-0.39, 0.29) is 23.8 Å². The molecule has 1 N–H and O–H groups in total. The number of nitrogens with zero attached hydrogens (tertiary/aromatic N) is 1. The lowest BCUT2D eigenvalue weighted by Crippen LogP contribution is -2.49. The molecule has 1 amide bonds. The van der Waals surface area contributed by atoms with E-state index in [4.69, 9.17) is 16.3 Å². The van der Waals surface area contributed by atoms with Gasteiger partial charge in [0.25, 0.3) is 0 Å². The number of halogens is 6. The zero-order valence-corrected chi connectivity index (χ0v) is 19.6. The Bertz CT molecular complexity index is 1210. The highest BCUT2D eigenvalue weighted by Gasteiger charge is 2.43. The van der Waals surface area contributed by atoms with E-state index in [1.54, 1.807) is 24.3 Å². The third kappa shape index (κ3) is 5.95. The molecule has 190 valence electrons. The van der Waals surface area contributed by atoms with Crippen molar-refractivity contribution in [1.29, 1.82) is 0 Å². The molecule has 1 aliphatic carbocycles. The van der Waals surface area contributed by atoms with Crippen molar-refractivity contribution in [2.75, 3.05) is 6.61 Å². The summed E-state index contributed by atoms with van der Waals surface area (Å²) >= 11 is 6.03. The Kier molecular flexibility index (Phi) is 7.49. The first-order valence-electron chi connectivity index (χ1n) is 11.2. The lowest BCUT2D eigenvalue weighted by atomic mass is 9.80. The number of aromatic nitrogens is 1. The molecule has 0 spiro atoms. The van der Waals surface area contributed by atoms with Gasteiger partial charge in [0.05, 0.1) is 10.7 Å². The second-order valence-corrected chi connectivity index (χ2v) is 9.16. The monoisotopic (exact) mass is 524 g/mol. The third-order valence-corrected chi connectivity index (χ3v) is 6.10. The number of ether oxygens (including phenoxy) is 1. The minimum Gasteiger partial charge on any atom is -0.487 e. The maximum absolute atomic E-state index is 14.8. The number of benzene rings is 2. The minimum atomic E-state index is -4.43. The fraction of sp³-hybridized carbons (Fsp3) is 0.308. The Balaban J connectivity index is 1.84. The fourth-order valence-corrected chi connectivity index (χ4v) is 3.96. The largest absolute Gasteiger partial charge is 0.487 e. The molecule has 1 aliphatic rings. The number of amides is 1. The average Bonchev–Trinajstić information content (AvgIpc) is 3.69. The number of carbonyl (C=O) groups is 1. The first kappa shape index (κ1) is 25.9. The highest BCUT2D eigenvalue weighted by atomic mass is 35.5. The van der Waals surface area contributed by atoms with Crippen LogP contribution >= 0.6 is 11.6 Å². The molecule has 0 radical (unpaired) electrons. The number of rotatable bonds is 10. The van der Waals surface area contributed by atoms with Gasteiger partial charge in [0.1, 0.15) is 17.1 Å². The Morgan fingerprint density at radius 1 is 1.11 bits per heavy atom. The van der Waals surface area contributed by atoms with Gasteiger partial charge in [0, 0.05) is 24.6 Å². The number of nitrogens with one attached hydrogen (secondary N) is 1. The summed E-state index contributed by atoms with van der Waals surface area (Å²) in [6.07, 6.45) is -1.06. The molecule has 1 saturated carbocycles. The molecule has 0 unspecified atom stereocenters. The van der Waals surface area contributed by atoms with Crippen LogP contribution in [0.5, 0.6) is 5.75 Å². The normalized spacial score (nSPS) is 15.4. The number of alkyl halides is 4. The van der Waals surface area contributed by atoms with Crippen LogP contribution in [0.1, 0.15) is 29.7 Å². The van der Waals surface area contributed by atoms with Crippen LogP contribution < -0.4 is 10.1 Å². The van der Waals surface area contributed by atoms with Gasteiger partial charge in [-0.2, -0.15) is 8.78 Å². The summed E-state index contributed by atoms with van der Waals surface area (Å²) in [6, 6.07) is 15.4. The molecule has 10 heteroatoms. The fourth-order valence-electron chi connectivity index (χ4n) is 3.84. The van der Waals surface area contributed by atoms with Crippen molar-refractivity contribution >= 4 is 17.5 Å². The molecule has 36 heavy (non-hydrogen) atoms. The van der Waals surface area contributed by atoms with E-state index in [2.05, 4.69) is 10.3 Å². The van der Waals surface area contributed by atoms with Crippen LogP contribution in [0, 0.1) is 11.7 Å². The molecule has 0 saturated heterocycles. The van der Waals surface area contributed by atoms with Crippen LogP contribution in [0.2, 0.25) is 5.02 Å². The number of pyridine rings is 1. The second-order valence-electron chi connectivity index (χ2n) is 8.72. The van der Waals surface area contributed by atoms with Crippen molar-refractivity contribution in [2.24, 2.45) is 5.92 Å². The van der Waals surface area contributed by atoms with Gasteiger partial charge in [-0.1, -0.05) is 41.9 Å². The smallest absolute Gasteiger partial charge is 0.340 e. The van der Waals surface area contributed by atoms with E-state index >= 15 is 0 Å². The van der Waals surface area contributed by atoms with Crippen LogP contribution in [-0.4, -0.2) is 29.8 Å². The molecule has 4 nitrogen and oxygen atoms in total. The minimum absolute atomic E-state index is 0.122. The van der Waals surface area contributed by atoms with Gasteiger partial charge < -0.3 is 10.1 Å². The molecule has 0 bridgehead atoms. The first-order chi connectivity index (χ1) is 17.1. The van der Waals surface area contributed by atoms with Gasteiger partial charge in [-0.05, 0) is 48.2 Å². The summed E-state index contributed by atoms with van der Waals surface area (Å²) < 4.78 is 71.9. The molecule has 4 rings (SSSR count). The van der Waals surface area contributed by atoms with Crippen molar-refractivity contribution < 1.29 is 31.5 Å². The lowest BCUT2D eigenvalue weighted by Gasteiger charge is -2.36. The SMILES string of the molecule is O=C(N[C@@](Cc1ccccc1)(c1cc(F)cc(OCC(F)(F)C(F)F)c1)c1ccc(Cl)cn1)C1CC1. The predicted octanol–water partition coefficient (Wildman–Crippen LogP) is 6.17. The second kappa shape index (κ2) is 10.4. The number of carbonyl (C=O) groups excluding carboxylic acids is 1. The van der Waals surface area contributed by atoms with Crippen LogP contribution in [0.3, 0.4) is 0 Å². The molecule has 1 atom stereocenters. The van der Waals surface area contributed by atoms with Crippen LogP contribution in [0.15, 0.2) is 66.9 Å². The van der Waals surface area contributed by atoms with Gasteiger partial charge in [0.2, 0.25) is 5.91 Å². The molecule has 0 aliphatic heterocycles. The Morgan fingerprint density at radius 2 is 1.83 bits per heavy atom. The van der Waals surface area contributed by atoms with Crippen molar-refractivity contribution in [3.8, 4) is 5.75 Å². The van der Waals surface area contributed by atoms with E-state index in [1.807, 2.05) is 18.2 Å². The summed E-state index contributed by atoms with van der Waals surface area (Å²) in [5, 5.41) is 3.33. The lowest BCUT2D eigenvalue weighted by molar-refractivity contribution is -0.148. The van der Waals surface area contributed by atoms with Gasteiger partial charge in [-0.3, -0.25) is 9.78 Å². The molecular weight excluding hydrogens is 503 g/mol. The molecule has 2 aromatic carbocycles. The summed E-state index contributed by atoms with van der Waals surface area (Å²) in [6.45, 7) is -1.65. The molecular formula is C26H22ClF5N2O2. The van der Waals surface area contributed by atoms with Crippen molar-refractivity contribution in [3.63, 3.8) is 0 Å². The van der Waals surface area contributed by atoms with Gasteiger partial charge in [-0.25, -0.2) is 13.2 Å². The van der Waals surface area contributed by atoms with E-state index in [1.165, 1.54) is 12.3 Å². The molecule has 1 heterocycles. The highest BCUT2D eigenvalue weighted by molar-refractivity contribution is 6.30. The van der Waals surface area contributed by atoms with Gasteiger partial charge >= 0.3 is 12.3 Å². The zero-order chi connectivity index (χ0) is 25.9. The first-order valence-corrected chi connectivity index (χ1v) is 11.5. The van der Waals surface area contributed by atoms with Crippen molar-refractivity contribution in [1.82, 2.24) is 10.3 Å². The molecule has 3 aromatic rings. The topological polar surface area (TPSA) is 51.2 Å². The summed E-state index contributed by atoms with van der Waals surface area (Å²) in [4.78, 5) is 17.4. The molecule has 1 aromatic heterocycles.